The molecule has 0 aliphatic heterocycles. The van der Waals surface area contributed by atoms with Crippen molar-refractivity contribution >= 4 is 33.8 Å². The van der Waals surface area contributed by atoms with E-state index < -0.39 is 0 Å². The molecule has 3 rings (SSSR count). The molecule has 0 saturated heterocycles. The summed E-state index contributed by atoms with van der Waals surface area (Å²) in [6, 6.07) is 9.77. The lowest BCUT2D eigenvalue weighted by atomic mass is 10.1. The summed E-state index contributed by atoms with van der Waals surface area (Å²) in [5.74, 6) is -0.404. The highest BCUT2D eigenvalue weighted by molar-refractivity contribution is 7.16. The van der Waals surface area contributed by atoms with Crippen LogP contribution in [0.15, 0.2) is 24.3 Å². The van der Waals surface area contributed by atoms with Crippen LogP contribution in [0.4, 0.5) is 10.7 Å². The molecular weight excluding hydrogens is 360 g/mol. The van der Waals surface area contributed by atoms with E-state index in [1.54, 1.807) is 11.9 Å². The Labute approximate surface area is 162 Å². The third-order valence-corrected chi connectivity index (χ3v) is 5.66. The molecule has 2 aromatic rings. The Morgan fingerprint density at radius 3 is 2.48 bits per heavy atom. The van der Waals surface area contributed by atoms with Crippen molar-refractivity contribution in [1.82, 2.24) is 4.90 Å². The molecule has 7 heteroatoms. The van der Waals surface area contributed by atoms with Crippen LogP contribution in [-0.2, 0) is 22.4 Å². The Kier molecular flexibility index (Phi) is 5.89. The molecule has 0 unspecified atom stereocenters. The smallest absolute Gasteiger partial charge is 0.239 e. The lowest BCUT2D eigenvalue weighted by molar-refractivity contribution is -0.119. The number of fused-ring (bicyclic) bond motifs is 1. The number of rotatable bonds is 6. The number of likely N-dealkylation sites (N-methyl/N-ethyl adjacent to an activating group) is 1. The van der Waals surface area contributed by atoms with Crippen LogP contribution in [0.2, 0.25) is 0 Å². The van der Waals surface area contributed by atoms with Crippen molar-refractivity contribution in [1.29, 1.82) is 5.26 Å². The predicted molar refractivity (Wildman–Crippen MR) is 107 cm³/mol. The second kappa shape index (κ2) is 8.33. The molecule has 0 spiro atoms. The third-order valence-electron chi connectivity index (χ3n) is 4.45. The van der Waals surface area contributed by atoms with Gasteiger partial charge in [-0.05, 0) is 50.9 Å². The van der Waals surface area contributed by atoms with Gasteiger partial charge in [-0.15, -0.1) is 11.3 Å². The van der Waals surface area contributed by atoms with Crippen LogP contribution in [0.25, 0.3) is 0 Å². The molecular formula is C20H22N4O2S. The molecule has 2 amide bonds. The second-order valence-corrected chi connectivity index (χ2v) is 7.91. The van der Waals surface area contributed by atoms with E-state index >= 15 is 0 Å². The van der Waals surface area contributed by atoms with Crippen molar-refractivity contribution in [3.63, 3.8) is 0 Å². The summed E-state index contributed by atoms with van der Waals surface area (Å²) in [5, 5.41) is 15.7. The summed E-state index contributed by atoms with van der Waals surface area (Å²) >= 11 is 1.49. The maximum absolute atomic E-state index is 12.3. The van der Waals surface area contributed by atoms with E-state index in [0.29, 0.717) is 10.6 Å². The van der Waals surface area contributed by atoms with Crippen LogP contribution in [0.5, 0.6) is 0 Å². The molecule has 1 heterocycles. The van der Waals surface area contributed by atoms with Gasteiger partial charge in [0.05, 0.1) is 18.7 Å². The van der Waals surface area contributed by atoms with Gasteiger partial charge in [-0.2, -0.15) is 5.26 Å². The highest BCUT2D eigenvalue weighted by atomic mass is 32.1. The van der Waals surface area contributed by atoms with Gasteiger partial charge in [0.2, 0.25) is 11.8 Å². The van der Waals surface area contributed by atoms with Gasteiger partial charge in [0.25, 0.3) is 0 Å². The number of benzene rings is 1. The fourth-order valence-electron chi connectivity index (χ4n) is 3.16. The Morgan fingerprint density at radius 2 is 1.81 bits per heavy atom. The number of hydrogen-bond donors (Lipinski definition) is 2. The first kappa shape index (κ1) is 19.1. The maximum Gasteiger partial charge on any atom is 0.239 e. The number of aryl methyl sites for hydroxylation is 2. The fourth-order valence-corrected chi connectivity index (χ4v) is 4.42. The first-order valence-corrected chi connectivity index (χ1v) is 9.67. The molecule has 0 fully saturated rings. The van der Waals surface area contributed by atoms with Crippen molar-refractivity contribution in [3.8, 4) is 6.07 Å². The number of carbonyl (C=O) groups is 2. The number of anilines is 2. The molecule has 27 heavy (non-hydrogen) atoms. The number of amides is 2. The van der Waals surface area contributed by atoms with Gasteiger partial charge in [-0.25, -0.2) is 0 Å². The number of hydrogen-bond acceptors (Lipinski definition) is 5. The molecule has 1 aliphatic rings. The van der Waals surface area contributed by atoms with Crippen molar-refractivity contribution in [2.24, 2.45) is 0 Å². The predicted octanol–water partition coefficient (Wildman–Crippen LogP) is 2.93. The van der Waals surface area contributed by atoms with Gasteiger partial charge in [0.1, 0.15) is 11.1 Å². The monoisotopic (exact) mass is 382 g/mol. The zero-order valence-electron chi connectivity index (χ0n) is 15.5. The van der Waals surface area contributed by atoms with Crippen molar-refractivity contribution in [3.05, 3.63) is 45.8 Å². The number of nitrogens with zero attached hydrogens (tertiary/aromatic N) is 2. The molecule has 1 aromatic heterocycles. The summed E-state index contributed by atoms with van der Waals surface area (Å²) in [6.45, 7) is 2.17. The van der Waals surface area contributed by atoms with E-state index in [0.717, 1.165) is 36.1 Å². The van der Waals surface area contributed by atoms with Crippen molar-refractivity contribution < 1.29 is 9.59 Å². The lowest BCUT2D eigenvalue weighted by Gasteiger charge is -2.16. The second-order valence-electron chi connectivity index (χ2n) is 6.81. The minimum atomic E-state index is -0.225. The summed E-state index contributed by atoms with van der Waals surface area (Å²) in [4.78, 5) is 27.3. The van der Waals surface area contributed by atoms with E-state index in [1.165, 1.54) is 16.2 Å². The first-order valence-electron chi connectivity index (χ1n) is 8.86. The molecule has 2 N–H and O–H groups in total. The number of carbonyl (C=O) groups excluding carboxylic acids is 2. The summed E-state index contributed by atoms with van der Waals surface area (Å²) in [5.41, 5.74) is 3.54. The molecule has 0 saturated carbocycles. The van der Waals surface area contributed by atoms with Crippen LogP contribution in [0, 0.1) is 18.3 Å². The Hall–Kier alpha value is -2.69. The molecule has 0 atom stereocenters. The first-order chi connectivity index (χ1) is 13.0. The Bertz CT molecular complexity index is 896. The molecule has 140 valence electrons. The van der Waals surface area contributed by atoms with E-state index in [2.05, 4.69) is 16.7 Å². The van der Waals surface area contributed by atoms with Gasteiger partial charge in [-0.3, -0.25) is 14.5 Å². The quantitative estimate of drug-likeness (QED) is 0.804. The molecule has 0 radical (unpaired) electrons. The van der Waals surface area contributed by atoms with Gasteiger partial charge in [0.15, 0.2) is 0 Å². The Morgan fingerprint density at radius 1 is 1.15 bits per heavy atom. The average molecular weight is 382 g/mol. The zero-order chi connectivity index (χ0) is 19.4. The van der Waals surface area contributed by atoms with Crippen molar-refractivity contribution in [2.75, 3.05) is 30.8 Å². The van der Waals surface area contributed by atoms with Gasteiger partial charge >= 0.3 is 0 Å². The maximum atomic E-state index is 12.3. The van der Waals surface area contributed by atoms with Crippen LogP contribution in [-0.4, -0.2) is 36.9 Å². The van der Waals surface area contributed by atoms with Crippen LogP contribution < -0.4 is 10.6 Å². The minimum Gasteiger partial charge on any atom is -0.325 e. The molecule has 0 bridgehead atoms. The lowest BCUT2D eigenvalue weighted by Crippen LogP contribution is -2.36. The van der Waals surface area contributed by atoms with Crippen LogP contribution in [0.1, 0.15) is 28.0 Å². The molecule has 1 aliphatic carbocycles. The molecule has 6 nitrogen and oxygen atoms in total. The van der Waals surface area contributed by atoms with E-state index in [4.69, 9.17) is 0 Å². The summed E-state index contributed by atoms with van der Waals surface area (Å²) < 4.78 is 0. The minimum absolute atomic E-state index is 0.0781. The average Bonchev–Trinajstić information content (AvgIpc) is 3.17. The summed E-state index contributed by atoms with van der Waals surface area (Å²) in [6.07, 6.45) is 2.95. The van der Waals surface area contributed by atoms with E-state index in [9.17, 15) is 14.9 Å². The number of nitrogens with one attached hydrogen (secondary N) is 2. The number of nitriles is 1. The van der Waals surface area contributed by atoms with E-state index in [1.807, 2.05) is 31.2 Å². The zero-order valence-corrected chi connectivity index (χ0v) is 16.3. The van der Waals surface area contributed by atoms with E-state index in [-0.39, 0.29) is 24.9 Å². The van der Waals surface area contributed by atoms with Gasteiger partial charge in [0, 0.05) is 10.6 Å². The number of thiophene rings is 1. The highest BCUT2D eigenvalue weighted by Gasteiger charge is 2.23. The molecule has 1 aromatic carbocycles. The largest absolute Gasteiger partial charge is 0.325 e. The summed E-state index contributed by atoms with van der Waals surface area (Å²) in [7, 11) is 1.72. The van der Waals surface area contributed by atoms with Gasteiger partial charge in [-0.1, -0.05) is 17.7 Å². The topological polar surface area (TPSA) is 85.2 Å². The van der Waals surface area contributed by atoms with Gasteiger partial charge < -0.3 is 10.6 Å². The highest BCUT2D eigenvalue weighted by Crippen LogP contribution is 2.38. The SMILES string of the molecule is Cc1ccc(NC(=O)CN(C)CC(=O)Nc2sc3c(c2C#N)CCC3)cc1. The van der Waals surface area contributed by atoms with Crippen LogP contribution in [0.3, 0.4) is 0 Å². The normalized spacial score (nSPS) is 12.5. The third kappa shape index (κ3) is 4.73. The van der Waals surface area contributed by atoms with Crippen molar-refractivity contribution in [2.45, 2.75) is 26.2 Å². The van der Waals surface area contributed by atoms with Crippen LogP contribution >= 0.6 is 11.3 Å². The standard InChI is InChI=1S/C20H22N4O2S/c1-13-6-8-14(9-7-13)22-18(25)11-24(2)12-19(26)23-20-16(10-21)15-4-3-5-17(15)27-20/h6-9H,3-5,11-12H2,1-2H3,(H,22,25)(H,23,26). The fraction of sp³-hybridized carbons (Fsp3) is 0.350. The Balaban J connectivity index is 1.51.